The Hall–Kier alpha value is -2.11. The molecule has 0 aromatic heterocycles. The van der Waals surface area contributed by atoms with Gasteiger partial charge in [0.05, 0.1) is 18.0 Å². The molecule has 0 radical (unpaired) electrons. The highest BCUT2D eigenvalue weighted by Gasteiger charge is 2.54. The zero-order chi connectivity index (χ0) is 20.2. The van der Waals surface area contributed by atoms with Crippen molar-refractivity contribution in [2.75, 3.05) is 22.9 Å². The molecule has 5 rings (SSSR count). The highest BCUT2D eigenvalue weighted by molar-refractivity contribution is 6.31. The normalized spacial score (nSPS) is 19.8. The van der Waals surface area contributed by atoms with Crippen LogP contribution in [0.1, 0.15) is 36.8 Å². The second kappa shape index (κ2) is 6.99. The molecule has 1 amide bonds. The fourth-order valence-electron chi connectivity index (χ4n) is 4.20. The van der Waals surface area contributed by atoms with E-state index in [1.165, 1.54) is 12.8 Å². The van der Waals surface area contributed by atoms with E-state index in [0.29, 0.717) is 41.6 Å². The molecule has 0 unspecified atom stereocenters. The summed E-state index contributed by atoms with van der Waals surface area (Å²) in [6.07, 6.45) is 3.75. The Kier molecular flexibility index (Phi) is 4.56. The van der Waals surface area contributed by atoms with Crippen LogP contribution in [0, 0.1) is 12.7 Å². The van der Waals surface area contributed by atoms with Gasteiger partial charge in [0.25, 0.3) is 5.91 Å². The zero-order valence-electron chi connectivity index (χ0n) is 16.5. The molecule has 6 heteroatoms. The number of nitrogens with zero attached hydrogens (tertiary/aromatic N) is 2. The number of amides is 1. The Morgan fingerprint density at radius 3 is 2.59 bits per heavy atom. The number of fused-ring (bicyclic) bond motifs is 1. The summed E-state index contributed by atoms with van der Waals surface area (Å²) in [5.41, 5.74) is 2.05. The third-order valence-electron chi connectivity index (χ3n) is 6.25. The number of hydrogen-bond donors (Lipinski definition) is 0. The van der Waals surface area contributed by atoms with E-state index in [0.717, 1.165) is 17.9 Å². The number of ether oxygens (including phenoxy) is 1. The summed E-state index contributed by atoms with van der Waals surface area (Å²) in [6, 6.07) is 12.0. The van der Waals surface area contributed by atoms with Gasteiger partial charge >= 0.3 is 0 Å². The second-order valence-electron chi connectivity index (χ2n) is 8.31. The minimum Gasteiger partial charge on any atom is -0.365 e. The summed E-state index contributed by atoms with van der Waals surface area (Å²) in [7, 11) is 0. The highest BCUT2D eigenvalue weighted by Crippen LogP contribution is 2.46. The second-order valence-corrected chi connectivity index (χ2v) is 8.72. The molecule has 2 aromatic carbocycles. The molecule has 1 aliphatic heterocycles. The van der Waals surface area contributed by atoms with Crippen LogP contribution in [-0.2, 0) is 16.1 Å². The molecule has 2 saturated carbocycles. The maximum Gasteiger partial charge on any atom is 0.259 e. The van der Waals surface area contributed by atoms with Crippen molar-refractivity contribution >= 4 is 28.9 Å². The van der Waals surface area contributed by atoms with Gasteiger partial charge in [0, 0.05) is 29.7 Å². The van der Waals surface area contributed by atoms with Crippen LogP contribution in [0.25, 0.3) is 0 Å². The smallest absolute Gasteiger partial charge is 0.259 e. The number of benzene rings is 2. The number of hydrogen-bond acceptors (Lipinski definition) is 3. The Morgan fingerprint density at radius 1 is 1.17 bits per heavy atom. The molecule has 2 fully saturated rings. The van der Waals surface area contributed by atoms with E-state index in [2.05, 4.69) is 11.0 Å². The third-order valence-corrected chi connectivity index (χ3v) is 6.60. The molecule has 4 nitrogen and oxygen atoms in total. The Balaban J connectivity index is 1.37. The maximum absolute atomic E-state index is 14.5. The lowest BCUT2D eigenvalue weighted by molar-refractivity contribution is -0.134. The van der Waals surface area contributed by atoms with Crippen molar-refractivity contribution in [3.8, 4) is 0 Å². The van der Waals surface area contributed by atoms with E-state index in [1.54, 1.807) is 19.1 Å². The first-order valence-electron chi connectivity index (χ1n) is 10.3. The van der Waals surface area contributed by atoms with E-state index in [9.17, 15) is 9.18 Å². The lowest BCUT2D eigenvalue weighted by Crippen LogP contribution is -2.49. The minimum atomic E-state index is -0.867. The molecule has 2 aromatic rings. The van der Waals surface area contributed by atoms with Gasteiger partial charge in [-0.15, -0.1) is 0 Å². The molecular formula is C23H24ClFN2O2. The third kappa shape index (κ3) is 3.30. The van der Waals surface area contributed by atoms with Crippen molar-refractivity contribution in [2.24, 2.45) is 0 Å². The summed E-state index contributed by atoms with van der Waals surface area (Å²) in [4.78, 5) is 17.7. The van der Waals surface area contributed by atoms with Crippen LogP contribution in [-0.4, -0.2) is 30.6 Å². The molecule has 0 spiro atoms. The Morgan fingerprint density at radius 2 is 1.90 bits per heavy atom. The quantitative estimate of drug-likeness (QED) is 0.701. The van der Waals surface area contributed by atoms with Gasteiger partial charge in [-0.25, -0.2) is 4.39 Å². The predicted molar refractivity (Wildman–Crippen MR) is 112 cm³/mol. The van der Waals surface area contributed by atoms with Gasteiger partial charge in [-0.05, 0) is 56.4 Å². The summed E-state index contributed by atoms with van der Waals surface area (Å²) >= 11 is 6.18. The van der Waals surface area contributed by atoms with Crippen LogP contribution in [0.5, 0.6) is 0 Å². The number of anilines is 2. The molecule has 152 valence electrons. The lowest BCUT2D eigenvalue weighted by Gasteiger charge is -2.39. The number of para-hydroxylation sites is 2. The van der Waals surface area contributed by atoms with Crippen molar-refractivity contribution in [3.63, 3.8) is 0 Å². The average Bonchev–Trinajstić information content (AvgIpc) is 3.64. The highest BCUT2D eigenvalue weighted by atomic mass is 35.5. The van der Waals surface area contributed by atoms with Gasteiger partial charge in [-0.2, -0.15) is 0 Å². The van der Waals surface area contributed by atoms with Crippen molar-refractivity contribution in [3.05, 3.63) is 58.4 Å². The van der Waals surface area contributed by atoms with Crippen LogP contribution < -0.4 is 9.80 Å². The molecular weight excluding hydrogens is 391 g/mol. The van der Waals surface area contributed by atoms with Gasteiger partial charge in [0.15, 0.2) is 0 Å². The number of aryl methyl sites for hydroxylation is 1. The molecule has 0 N–H and O–H groups in total. The number of halogens is 2. The molecule has 0 bridgehead atoms. The Bertz CT molecular complexity index is 971. The fourth-order valence-corrected chi connectivity index (χ4v) is 4.40. The predicted octanol–water partition coefficient (Wildman–Crippen LogP) is 4.85. The van der Waals surface area contributed by atoms with Gasteiger partial charge in [-0.1, -0.05) is 29.8 Å². The van der Waals surface area contributed by atoms with Gasteiger partial charge in [-0.3, -0.25) is 4.79 Å². The average molecular weight is 415 g/mol. The summed E-state index contributed by atoms with van der Waals surface area (Å²) in [5.74, 6) is -0.381. The van der Waals surface area contributed by atoms with Gasteiger partial charge in [0.1, 0.15) is 11.4 Å². The largest absolute Gasteiger partial charge is 0.365 e. The molecule has 0 saturated heterocycles. The van der Waals surface area contributed by atoms with Gasteiger partial charge < -0.3 is 14.5 Å². The first kappa shape index (κ1) is 18.9. The van der Waals surface area contributed by atoms with E-state index in [4.69, 9.17) is 16.3 Å². The lowest BCUT2D eigenvalue weighted by atomic mass is 10.1. The molecule has 1 heterocycles. The molecule has 0 atom stereocenters. The standard InChI is InChI=1S/C23H24ClFN2O2/c1-15-6-9-18(24)17(21(15)25)14-29-23(10-11-23)22(28)27-13-12-26(16-7-8-16)19-4-2-3-5-20(19)27/h2-6,9,16H,7-8,10-14H2,1H3. The summed E-state index contributed by atoms with van der Waals surface area (Å²) in [5, 5.41) is 0.333. The first-order chi connectivity index (χ1) is 14.0. The van der Waals surface area contributed by atoms with Gasteiger partial charge in [0.2, 0.25) is 0 Å². The summed E-state index contributed by atoms with van der Waals surface area (Å²) in [6.45, 7) is 3.18. The molecule has 2 aliphatic carbocycles. The maximum atomic E-state index is 14.5. The SMILES string of the molecule is Cc1ccc(Cl)c(COC2(C(=O)N3CCN(C4CC4)c4ccccc43)CC2)c1F. The van der Waals surface area contributed by atoms with Crippen LogP contribution in [0.3, 0.4) is 0 Å². The summed E-state index contributed by atoms with van der Waals surface area (Å²) < 4.78 is 20.5. The van der Waals surface area contributed by atoms with Crippen molar-refractivity contribution in [1.29, 1.82) is 0 Å². The zero-order valence-corrected chi connectivity index (χ0v) is 17.2. The van der Waals surface area contributed by atoms with E-state index < -0.39 is 5.60 Å². The topological polar surface area (TPSA) is 32.8 Å². The number of rotatable bonds is 5. The van der Waals surface area contributed by atoms with E-state index >= 15 is 0 Å². The van der Waals surface area contributed by atoms with E-state index in [-0.39, 0.29) is 18.3 Å². The first-order valence-corrected chi connectivity index (χ1v) is 10.6. The number of carbonyl (C=O) groups is 1. The fraction of sp³-hybridized carbons (Fsp3) is 0.435. The minimum absolute atomic E-state index is 0.00176. The Labute approximate surface area is 175 Å². The van der Waals surface area contributed by atoms with Crippen LogP contribution in [0.2, 0.25) is 5.02 Å². The monoisotopic (exact) mass is 414 g/mol. The van der Waals surface area contributed by atoms with E-state index in [1.807, 2.05) is 23.1 Å². The van der Waals surface area contributed by atoms with Crippen molar-refractivity contribution < 1.29 is 13.9 Å². The molecule has 29 heavy (non-hydrogen) atoms. The van der Waals surface area contributed by atoms with Crippen LogP contribution in [0.15, 0.2) is 36.4 Å². The molecule has 3 aliphatic rings. The number of carbonyl (C=O) groups excluding carboxylic acids is 1. The van der Waals surface area contributed by atoms with Crippen molar-refractivity contribution in [2.45, 2.75) is 50.9 Å². The van der Waals surface area contributed by atoms with Crippen LogP contribution >= 0.6 is 11.6 Å². The van der Waals surface area contributed by atoms with Crippen LogP contribution in [0.4, 0.5) is 15.8 Å². The van der Waals surface area contributed by atoms with Crippen molar-refractivity contribution in [1.82, 2.24) is 0 Å².